The van der Waals surface area contributed by atoms with Crippen LogP contribution in [0.25, 0.3) is 16.7 Å². The number of fused-ring (bicyclic) bond motifs is 1. The maximum absolute atomic E-state index is 12.8. The van der Waals surface area contributed by atoms with Crippen molar-refractivity contribution in [3.05, 3.63) is 78.6 Å². The summed E-state index contributed by atoms with van der Waals surface area (Å²) in [6.45, 7) is 1.99. The van der Waals surface area contributed by atoms with Crippen LogP contribution in [0.2, 0.25) is 0 Å². The van der Waals surface area contributed by atoms with E-state index in [0.29, 0.717) is 11.3 Å². The zero-order chi connectivity index (χ0) is 18.1. The van der Waals surface area contributed by atoms with E-state index in [2.05, 4.69) is 10.1 Å². The van der Waals surface area contributed by atoms with Crippen molar-refractivity contribution >= 4 is 16.9 Å². The highest BCUT2D eigenvalue weighted by Gasteiger charge is 2.22. The van der Waals surface area contributed by atoms with Crippen LogP contribution >= 0.6 is 0 Å². The molecule has 0 saturated heterocycles. The number of rotatable bonds is 4. The molecule has 0 saturated carbocycles. The highest BCUT2D eigenvalue weighted by molar-refractivity contribution is 5.96. The molecule has 2 aromatic heterocycles. The van der Waals surface area contributed by atoms with E-state index in [9.17, 15) is 4.79 Å². The summed E-state index contributed by atoms with van der Waals surface area (Å²) in [6.07, 6.45) is 3.14. The summed E-state index contributed by atoms with van der Waals surface area (Å²) in [4.78, 5) is 18.4. The third-order valence-electron chi connectivity index (χ3n) is 4.60. The molecule has 1 atom stereocenters. The molecule has 0 aliphatic carbocycles. The number of para-hydroxylation sites is 1. The van der Waals surface area contributed by atoms with E-state index in [1.807, 2.05) is 55.5 Å². The maximum Gasteiger partial charge on any atom is 0.289 e. The number of furan rings is 1. The summed E-state index contributed by atoms with van der Waals surface area (Å²) in [5.74, 6) is 0.203. The van der Waals surface area contributed by atoms with Gasteiger partial charge in [-0.2, -0.15) is 5.10 Å². The number of aromatic nitrogens is 3. The van der Waals surface area contributed by atoms with Crippen LogP contribution in [0.4, 0.5) is 0 Å². The molecule has 2 aromatic carbocycles. The first-order chi connectivity index (χ1) is 12.6. The molecular formula is C20H18N4O2. The molecule has 0 fully saturated rings. The average molecular weight is 346 g/mol. The molecule has 26 heavy (non-hydrogen) atoms. The van der Waals surface area contributed by atoms with E-state index in [0.717, 1.165) is 16.6 Å². The van der Waals surface area contributed by atoms with Crippen LogP contribution in [0.5, 0.6) is 0 Å². The van der Waals surface area contributed by atoms with Gasteiger partial charge in [0.05, 0.1) is 11.7 Å². The van der Waals surface area contributed by atoms with E-state index in [1.165, 1.54) is 6.33 Å². The predicted octanol–water partition coefficient (Wildman–Crippen LogP) is 3.85. The first-order valence-corrected chi connectivity index (χ1v) is 8.34. The fourth-order valence-corrected chi connectivity index (χ4v) is 2.91. The van der Waals surface area contributed by atoms with Gasteiger partial charge in [-0.3, -0.25) is 4.79 Å². The smallest absolute Gasteiger partial charge is 0.289 e. The normalized spacial score (nSPS) is 12.2. The molecule has 0 N–H and O–H groups in total. The number of hydrogen-bond donors (Lipinski definition) is 0. The molecule has 4 aromatic rings. The van der Waals surface area contributed by atoms with Crippen molar-refractivity contribution in [2.24, 2.45) is 0 Å². The summed E-state index contributed by atoms with van der Waals surface area (Å²) < 4.78 is 7.39. The van der Waals surface area contributed by atoms with Gasteiger partial charge in [0.15, 0.2) is 5.76 Å². The van der Waals surface area contributed by atoms with Gasteiger partial charge in [-0.25, -0.2) is 9.67 Å². The number of carbonyl (C=O) groups excluding carboxylic acids is 1. The van der Waals surface area contributed by atoms with Crippen molar-refractivity contribution in [2.45, 2.75) is 13.0 Å². The van der Waals surface area contributed by atoms with Crippen LogP contribution in [-0.4, -0.2) is 32.6 Å². The van der Waals surface area contributed by atoms with Crippen LogP contribution in [0.3, 0.4) is 0 Å². The Bertz CT molecular complexity index is 1000. The second kappa shape index (κ2) is 6.48. The van der Waals surface area contributed by atoms with Crippen LogP contribution in [0.15, 0.2) is 71.7 Å². The fourth-order valence-electron chi connectivity index (χ4n) is 2.91. The van der Waals surface area contributed by atoms with Gasteiger partial charge in [0, 0.05) is 12.4 Å². The number of amides is 1. The molecule has 0 spiro atoms. The third-order valence-corrected chi connectivity index (χ3v) is 4.60. The SMILES string of the molecule is CC(c1ccc(-n2cncn2)cc1)N(C)C(=O)c1cc2ccccc2o1. The molecule has 1 unspecified atom stereocenters. The Balaban J connectivity index is 1.55. The van der Waals surface area contributed by atoms with Crippen molar-refractivity contribution in [1.82, 2.24) is 19.7 Å². The average Bonchev–Trinajstić information content (AvgIpc) is 3.36. The summed E-state index contributed by atoms with van der Waals surface area (Å²) in [5.41, 5.74) is 2.67. The van der Waals surface area contributed by atoms with Crippen molar-refractivity contribution < 1.29 is 9.21 Å². The number of carbonyl (C=O) groups is 1. The zero-order valence-corrected chi connectivity index (χ0v) is 14.5. The van der Waals surface area contributed by atoms with Gasteiger partial charge < -0.3 is 9.32 Å². The van der Waals surface area contributed by atoms with Gasteiger partial charge in [-0.1, -0.05) is 30.3 Å². The lowest BCUT2D eigenvalue weighted by Crippen LogP contribution is -2.29. The number of benzene rings is 2. The lowest BCUT2D eigenvalue weighted by Gasteiger charge is -2.24. The molecule has 0 bridgehead atoms. The van der Waals surface area contributed by atoms with E-state index in [4.69, 9.17) is 4.42 Å². The quantitative estimate of drug-likeness (QED) is 0.563. The third kappa shape index (κ3) is 2.86. The van der Waals surface area contributed by atoms with Crippen molar-refractivity contribution in [3.8, 4) is 5.69 Å². The minimum absolute atomic E-state index is 0.0968. The number of nitrogens with zero attached hydrogens (tertiary/aromatic N) is 4. The molecule has 0 aliphatic heterocycles. The standard InChI is InChI=1S/C20H18N4O2/c1-14(15-7-9-17(10-8-15)24-13-21-12-22-24)23(2)20(25)19-11-16-5-3-4-6-18(16)26-19/h3-14H,1-2H3. The van der Waals surface area contributed by atoms with Crippen LogP contribution in [0.1, 0.15) is 29.1 Å². The summed E-state index contributed by atoms with van der Waals surface area (Å²) in [7, 11) is 1.78. The van der Waals surface area contributed by atoms with E-state index < -0.39 is 0 Å². The van der Waals surface area contributed by atoms with Crippen LogP contribution in [-0.2, 0) is 0 Å². The fraction of sp³-hybridized carbons (Fsp3) is 0.150. The summed E-state index contributed by atoms with van der Waals surface area (Å²) in [5, 5.41) is 5.04. The molecule has 0 aliphatic rings. The predicted molar refractivity (Wildman–Crippen MR) is 98.1 cm³/mol. The highest BCUT2D eigenvalue weighted by atomic mass is 16.3. The molecule has 0 radical (unpaired) electrons. The van der Waals surface area contributed by atoms with Crippen LogP contribution in [0, 0.1) is 0 Å². The topological polar surface area (TPSA) is 64.2 Å². The van der Waals surface area contributed by atoms with Gasteiger partial charge in [-0.05, 0) is 36.8 Å². The van der Waals surface area contributed by atoms with Gasteiger partial charge in [0.2, 0.25) is 0 Å². The molecule has 6 heteroatoms. The molecule has 6 nitrogen and oxygen atoms in total. The Labute approximate surface area is 150 Å². The molecule has 4 rings (SSSR count). The molecular weight excluding hydrogens is 328 g/mol. The Morgan fingerprint density at radius 3 is 2.62 bits per heavy atom. The highest BCUT2D eigenvalue weighted by Crippen LogP contribution is 2.25. The maximum atomic E-state index is 12.8. The van der Waals surface area contributed by atoms with Gasteiger partial charge in [-0.15, -0.1) is 0 Å². The second-order valence-electron chi connectivity index (χ2n) is 6.17. The zero-order valence-electron chi connectivity index (χ0n) is 14.5. The minimum atomic E-state index is -0.144. The molecule has 2 heterocycles. The Morgan fingerprint density at radius 1 is 1.15 bits per heavy atom. The van der Waals surface area contributed by atoms with Gasteiger partial charge in [0.25, 0.3) is 5.91 Å². The van der Waals surface area contributed by atoms with E-state index in [-0.39, 0.29) is 11.9 Å². The first kappa shape index (κ1) is 16.1. The summed E-state index contributed by atoms with van der Waals surface area (Å²) in [6, 6.07) is 17.2. The second-order valence-corrected chi connectivity index (χ2v) is 6.17. The largest absolute Gasteiger partial charge is 0.451 e. The number of hydrogen-bond acceptors (Lipinski definition) is 4. The van der Waals surface area contributed by atoms with Gasteiger partial charge >= 0.3 is 0 Å². The Hall–Kier alpha value is -3.41. The van der Waals surface area contributed by atoms with E-state index >= 15 is 0 Å². The Kier molecular flexibility index (Phi) is 4.01. The first-order valence-electron chi connectivity index (χ1n) is 8.34. The summed E-state index contributed by atoms with van der Waals surface area (Å²) >= 11 is 0. The van der Waals surface area contributed by atoms with Crippen molar-refractivity contribution in [2.75, 3.05) is 7.05 Å². The van der Waals surface area contributed by atoms with Crippen molar-refractivity contribution in [3.63, 3.8) is 0 Å². The van der Waals surface area contributed by atoms with Crippen molar-refractivity contribution in [1.29, 1.82) is 0 Å². The molecule has 130 valence electrons. The van der Waals surface area contributed by atoms with Gasteiger partial charge in [0.1, 0.15) is 18.2 Å². The monoisotopic (exact) mass is 346 g/mol. The lowest BCUT2D eigenvalue weighted by atomic mass is 10.1. The minimum Gasteiger partial charge on any atom is -0.451 e. The molecule has 1 amide bonds. The Morgan fingerprint density at radius 2 is 1.92 bits per heavy atom. The van der Waals surface area contributed by atoms with E-state index in [1.54, 1.807) is 29.0 Å². The lowest BCUT2D eigenvalue weighted by molar-refractivity contribution is 0.0713. The van der Waals surface area contributed by atoms with Crippen LogP contribution < -0.4 is 0 Å².